The van der Waals surface area contributed by atoms with Gasteiger partial charge in [0.25, 0.3) is 5.91 Å². The van der Waals surface area contributed by atoms with Crippen LogP contribution < -0.4 is 21.3 Å². The van der Waals surface area contributed by atoms with Crippen molar-refractivity contribution in [2.45, 2.75) is 20.0 Å². The Kier molecular flexibility index (Phi) is 8.82. The summed E-state index contributed by atoms with van der Waals surface area (Å²) >= 11 is 0. The zero-order valence-electron chi connectivity index (χ0n) is 19.9. The number of amides is 2. The van der Waals surface area contributed by atoms with Crippen LogP contribution in [0.15, 0.2) is 54.6 Å². The molecule has 2 amide bonds. The number of nitrogens with zero attached hydrogens (tertiary/aromatic N) is 2. The molecule has 0 saturated heterocycles. The van der Waals surface area contributed by atoms with E-state index < -0.39 is 17.6 Å². The number of rotatable bonds is 10. The molecule has 0 unspecified atom stereocenters. The molecule has 0 atom stereocenters. The summed E-state index contributed by atoms with van der Waals surface area (Å²) in [6, 6.07) is 13.5. The molecule has 0 radical (unpaired) electrons. The van der Waals surface area contributed by atoms with Gasteiger partial charge < -0.3 is 21.3 Å². The van der Waals surface area contributed by atoms with Gasteiger partial charge in [-0.3, -0.25) is 9.59 Å². The van der Waals surface area contributed by atoms with Gasteiger partial charge in [-0.15, -0.1) is 0 Å². The molecule has 2 aromatic carbocycles. The highest BCUT2D eigenvalue weighted by Crippen LogP contribution is 2.29. The Morgan fingerprint density at radius 1 is 0.806 bits per heavy atom. The van der Waals surface area contributed by atoms with Gasteiger partial charge in [-0.25, -0.2) is 9.97 Å². The third kappa shape index (κ3) is 7.42. The molecule has 0 fully saturated rings. The first-order chi connectivity index (χ1) is 17.1. The Bertz CT molecular complexity index is 1180. The number of aromatic nitrogens is 2. The minimum atomic E-state index is -4.45. The molecule has 0 bridgehead atoms. The maximum absolute atomic E-state index is 12.7. The van der Waals surface area contributed by atoms with Crippen LogP contribution in [-0.2, 0) is 11.0 Å². The number of alkyl halides is 3. The molecule has 8 nitrogen and oxygen atoms in total. The van der Waals surface area contributed by atoms with Gasteiger partial charge in [0.2, 0.25) is 5.91 Å². The number of anilines is 2. The maximum atomic E-state index is 12.7. The lowest BCUT2D eigenvalue weighted by molar-refractivity contribution is -0.137. The number of carbonyl (C=O) groups excluding carboxylic acids is 2. The summed E-state index contributed by atoms with van der Waals surface area (Å²) in [5, 5.41) is 11.8. The van der Waals surface area contributed by atoms with Crippen molar-refractivity contribution in [3.63, 3.8) is 0 Å². The topological polar surface area (TPSA) is 108 Å². The third-order valence-electron chi connectivity index (χ3n) is 5.15. The quantitative estimate of drug-likeness (QED) is 0.315. The van der Waals surface area contributed by atoms with Gasteiger partial charge in [0, 0.05) is 49.8 Å². The van der Waals surface area contributed by atoms with E-state index in [4.69, 9.17) is 0 Å². The second-order valence-electron chi connectivity index (χ2n) is 7.90. The number of nitrogens with one attached hydrogen (secondary N) is 4. The Morgan fingerprint density at radius 2 is 1.36 bits per heavy atom. The number of halogens is 3. The van der Waals surface area contributed by atoms with Crippen molar-refractivity contribution in [3.8, 4) is 11.4 Å². The highest BCUT2D eigenvalue weighted by Gasteiger charge is 2.30. The average molecular weight is 501 g/mol. The average Bonchev–Trinajstić information content (AvgIpc) is 2.85. The van der Waals surface area contributed by atoms with Gasteiger partial charge >= 0.3 is 6.18 Å². The molecule has 1 aromatic heterocycles. The van der Waals surface area contributed by atoms with Crippen molar-refractivity contribution in [2.24, 2.45) is 0 Å². The predicted molar refractivity (Wildman–Crippen MR) is 132 cm³/mol. The maximum Gasteiger partial charge on any atom is 0.416 e. The number of benzene rings is 2. The number of carbonyl (C=O) groups is 2. The summed E-state index contributed by atoms with van der Waals surface area (Å²) < 4.78 is 38.1. The van der Waals surface area contributed by atoms with Crippen LogP contribution in [0.5, 0.6) is 0 Å². The fourth-order valence-corrected chi connectivity index (χ4v) is 3.27. The third-order valence-corrected chi connectivity index (χ3v) is 5.15. The van der Waals surface area contributed by atoms with Crippen molar-refractivity contribution in [1.82, 2.24) is 20.6 Å². The summed E-state index contributed by atoms with van der Waals surface area (Å²) in [6.07, 6.45) is -4.45. The fourth-order valence-electron chi connectivity index (χ4n) is 3.27. The van der Waals surface area contributed by atoms with Crippen LogP contribution in [-0.4, -0.2) is 48.0 Å². The predicted octanol–water partition coefficient (Wildman–Crippen LogP) is 3.86. The van der Waals surface area contributed by atoms with Gasteiger partial charge in [0.15, 0.2) is 5.82 Å². The zero-order valence-corrected chi connectivity index (χ0v) is 19.9. The molecule has 0 aliphatic heterocycles. The first-order valence-corrected chi connectivity index (χ1v) is 11.3. The largest absolute Gasteiger partial charge is 0.416 e. The van der Waals surface area contributed by atoms with E-state index in [1.165, 1.54) is 6.92 Å². The second-order valence-corrected chi connectivity index (χ2v) is 7.90. The summed E-state index contributed by atoms with van der Waals surface area (Å²) in [6.45, 7) is 4.73. The molecule has 0 saturated carbocycles. The van der Waals surface area contributed by atoms with E-state index in [-0.39, 0.29) is 18.0 Å². The van der Waals surface area contributed by atoms with E-state index in [0.29, 0.717) is 37.1 Å². The Labute approximate surface area is 206 Å². The van der Waals surface area contributed by atoms with Crippen molar-refractivity contribution >= 4 is 23.5 Å². The molecule has 11 heteroatoms. The van der Waals surface area contributed by atoms with Gasteiger partial charge in [0.1, 0.15) is 11.6 Å². The van der Waals surface area contributed by atoms with Crippen LogP contribution in [0.25, 0.3) is 11.4 Å². The Morgan fingerprint density at radius 3 is 1.89 bits per heavy atom. The van der Waals surface area contributed by atoms with Crippen molar-refractivity contribution < 1.29 is 22.8 Å². The van der Waals surface area contributed by atoms with E-state index in [9.17, 15) is 22.8 Å². The standard InChI is InChI=1S/C25H27F3N6O2/c1-16-21(30-13-12-29-17(2)35)33-23(18-6-4-3-5-7-18)34-22(16)31-14-15-32-24(36)19-8-10-20(11-9-19)25(26,27)28/h3-11H,12-15H2,1-2H3,(H,29,35)(H,32,36)(H2,30,31,33,34). The van der Waals surface area contributed by atoms with Crippen molar-refractivity contribution in [1.29, 1.82) is 0 Å². The summed E-state index contributed by atoms with van der Waals surface area (Å²) in [5.74, 6) is 1.07. The van der Waals surface area contributed by atoms with Crippen LogP contribution in [0.1, 0.15) is 28.4 Å². The lowest BCUT2D eigenvalue weighted by Crippen LogP contribution is -2.29. The van der Waals surface area contributed by atoms with E-state index in [1.807, 2.05) is 37.3 Å². The van der Waals surface area contributed by atoms with Crippen LogP contribution >= 0.6 is 0 Å². The van der Waals surface area contributed by atoms with Gasteiger partial charge in [-0.2, -0.15) is 13.2 Å². The molecule has 36 heavy (non-hydrogen) atoms. The first kappa shape index (κ1) is 26.5. The monoisotopic (exact) mass is 500 g/mol. The van der Waals surface area contributed by atoms with Gasteiger partial charge in [0.05, 0.1) is 5.56 Å². The molecule has 0 aliphatic rings. The van der Waals surface area contributed by atoms with Crippen molar-refractivity contribution in [2.75, 3.05) is 36.8 Å². The van der Waals surface area contributed by atoms with Crippen LogP contribution in [0.2, 0.25) is 0 Å². The molecule has 4 N–H and O–H groups in total. The van der Waals surface area contributed by atoms with E-state index >= 15 is 0 Å². The lowest BCUT2D eigenvalue weighted by Gasteiger charge is -2.16. The molecule has 0 spiro atoms. The van der Waals surface area contributed by atoms with Crippen LogP contribution in [0.3, 0.4) is 0 Å². The summed E-state index contributed by atoms with van der Waals surface area (Å²) in [7, 11) is 0. The van der Waals surface area contributed by atoms with Crippen LogP contribution in [0.4, 0.5) is 24.8 Å². The molecule has 1 heterocycles. The van der Waals surface area contributed by atoms with E-state index in [1.54, 1.807) is 0 Å². The minimum Gasteiger partial charge on any atom is -0.368 e. The minimum absolute atomic E-state index is 0.123. The normalized spacial score (nSPS) is 11.0. The van der Waals surface area contributed by atoms with Crippen LogP contribution in [0, 0.1) is 6.92 Å². The lowest BCUT2D eigenvalue weighted by atomic mass is 10.1. The second kappa shape index (κ2) is 12.0. The zero-order chi connectivity index (χ0) is 26.1. The highest BCUT2D eigenvalue weighted by atomic mass is 19.4. The van der Waals surface area contributed by atoms with Crippen molar-refractivity contribution in [3.05, 3.63) is 71.3 Å². The fraction of sp³-hybridized carbons (Fsp3) is 0.280. The summed E-state index contributed by atoms with van der Waals surface area (Å²) in [5.41, 5.74) is 0.904. The van der Waals surface area contributed by atoms with Gasteiger partial charge in [-0.1, -0.05) is 30.3 Å². The molecule has 0 aliphatic carbocycles. The number of hydrogen-bond donors (Lipinski definition) is 4. The smallest absolute Gasteiger partial charge is 0.368 e. The summed E-state index contributed by atoms with van der Waals surface area (Å²) in [4.78, 5) is 32.6. The Balaban J connectivity index is 1.65. The van der Waals surface area contributed by atoms with E-state index in [2.05, 4.69) is 31.2 Å². The SMILES string of the molecule is CC(=O)NCCNc1nc(-c2ccccc2)nc(NCCNC(=O)c2ccc(C(F)(F)F)cc2)c1C. The molecular weight excluding hydrogens is 473 g/mol. The number of hydrogen-bond acceptors (Lipinski definition) is 6. The van der Waals surface area contributed by atoms with E-state index in [0.717, 1.165) is 35.4 Å². The van der Waals surface area contributed by atoms with Gasteiger partial charge in [-0.05, 0) is 31.2 Å². The highest BCUT2D eigenvalue weighted by molar-refractivity contribution is 5.94. The first-order valence-electron chi connectivity index (χ1n) is 11.3. The molecule has 3 aromatic rings. The molecule has 3 rings (SSSR count). The molecule has 190 valence electrons. The Hall–Kier alpha value is -4.15. The molecular formula is C25H27F3N6O2.